The van der Waals surface area contributed by atoms with E-state index in [0.29, 0.717) is 23.9 Å². The van der Waals surface area contributed by atoms with E-state index in [4.69, 9.17) is 24.6 Å². The molecule has 1 saturated heterocycles. The lowest BCUT2D eigenvalue weighted by molar-refractivity contribution is -0.192. The third-order valence-electron chi connectivity index (χ3n) is 8.26. The molecule has 0 spiro atoms. The Morgan fingerprint density at radius 2 is 1.87 bits per heavy atom. The van der Waals surface area contributed by atoms with Crippen molar-refractivity contribution < 1.29 is 32.6 Å². The fourth-order valence-electron chi connectivity index (χ4n) is 5.83. The van der Waals surface area contributed by atoms with Crippen molar-refractivity contribution in [1.29, 1.82) is 0 Å². The summed E-state index contributed by atoms with van der Waals surface area (Å²) in [7, 11) is 0. The minimum Gasteiger partial charge on any atom is -0.475 e. The molecule has 15 heteroatoms. The maximum atomic E-state index is 12.5. The average molecular weight is 631 g/mol. The average Bonchev–Trinajstić information content (AvgIpc) is 3.52. The molecule has 1 amide bonds. The highest BCUT2D eigenvalue weighted by Crippen LogP contribution is 2.36. The Kier molecular flexibility index (Phi) is 10.0. The summed E-state index contributed by atoms with van der Waals surface area (Å²) in [4.78, 5) is 33.8. The number of hydrogen-bond acceptors (Lipinski definition) is 9. The number of carbonyl (C=O) groups is 2. The van der Waals surface area contributed by atoms with E-state index in [1.807, 2.05) is 41.2 Å². The molecule has 2 atom stereocenters. The molecule has 2 aliphatic carbocycles. The van der Waals surface area contributed by atoms with Crippen LogP contribution in [0.3, 0.4) is 0 Å². The molecule has 3 aromatic rings. The van der Waals surface area contributed by atoms with Gasteiger partial charge in [-0.1, -0.05) is 42.5 Å². The number of hydrogen-bond donors (Lipinski definition) is 3. The summed E-state index contributed by atoms with van der Waals surface area (Å²) in [5.41, 5.74) is 3.42. The van der Waals surface area contributed by atoms with Gasteiger partial charge in [0.2, 0.25) is 5.95 Å². The molecule has 1 saturated carbocycles. The first-order valence-corrected chi connectivity index (χ1v) is 15.1. The van der Waals surface area contributed by atoms with E-state index in [2.05, 4.69) is 32.8 Å². The zero-order valence-corrected chi connectivity index (χ0v) is 24.9. The quantitative estimate of drug-likeness (QED) is 0.340. The van der Waals surface area contributed by atoms with Crippen molar-refractivity contribution in [2.45, 2.75) is 82.8 Å². The minimum atomic E-state index is -5.08. The van der Waals surface area contributed by atoms with Gasteiger partial charge < -0.3 is 25.4 Å². The summed E-state index contributed by atoms with van der Waals surface area (Å²) in [6, 6.07) is 10.5. The Labute approximate surface area is 258 Å². The molecule has 45 heavy (non-hydrogen) atoms. The first-order chi connectivity index (χ1) is 21.5. The van der Waals surface area contributed by atoms with Crippen molar-refractivity contribution in [3.63, 3.8) is 0 Å². The number of rotatable bonds is 7. The van der Waals surface area contributed by atoms with Crippen LogP contribution < -0.4 is 15.5 Å². The van der Waals surface area contributed by atoms with Gasteiger partial charge in [-0.15, -0.1) is 5.10 Å². The Morgan fingerprint density at radius 1 is 1.11 bits per heavy atom. The highest BCUT2D eigenvalue weighted by molar-refractivity contribution is 5.73. The molecular weight excluding hydrogens is 593 g/mol. The number of anilines is 2. The summed E-state index contributed by atoms with van der Waals surface area (Å²) >= 11 is 0. The third-order valence-corrected chi connectivity index (χ3v) is 8.26. The van der Waals surface area contributed by atoms with Crippen LogP contribution in [0.15, 0.2) is 42.7 Å². The smallest absolute Gasteiger partial charge is 0.475 e. The zero-order valence-electron chi connectivity index (χ0n) is 24.9. The van der Waals surface area contributed by atoms with E-state index in [-0.39, 0.29) is 18.7 Å². The van der Waals surface area contributed by atoms with Crippen LogP contribution in [0.25, 0.3) is 0 Å². The van der Waals surface area contributed by atoms with Crippen molar-refractivity contribution in [3.8, 4) is 0 Å². The van der Waals surface area contributed by atoms with Crippen molar-refractivity contribution in [2.75, 3.05) is 23.3 Å². The molecule has 3 heterocycles. The predicted octanol–water partition coefficient (Wildman–Crippen LogP) is 4.54. The number of ether oxygens (including phenoxy) is 1. The number of carbonyl (C=O) groups excluding carboxylic acids is 1. The van der Waals surface area contributed by atoms with Gasteiger partial charge in [-0.25, -0.2) is 19.3 Å². The summed E-state index contributed by atoms with van der Waals surface area (Å²) in [5, 5.41) is 21.9. The number of fused-ring (bicyclic) bond motifs is 1. The lowest BCUT2D eigenvalue weighted by atomic mass is 9.86. The van der Waals surface area contributed by atoms with Gasteiger partial charge in [-0.2, -0.15) is 18.2 Å². The summed E-state index contributed by atoms with van der Waals surface area (Å²) in [6.07, 6.45) is 5.21. The number of alkyl halides is 3. The van der Waals surface area contributed by atoms with E-state index in [1.165, 1.54) is 11.3 Å². The number of nitrogens with one attached hydrogen (secondary N) is 2. The molecule has 0 bridgehead atoms. The van der Waals surface area contributed by atoms with Crippen LogP contribution in [-0.4, -0.2) is 73.5 Å². The Hall–Kier alpha value is -4.43. The SMILES string of the molecule is CC1CCc2c(nc(NC3CC(n4ccnn4)C3)nc2N2CCCC(NC(=O)OCc3ccccc3)C2)C1.O=C(O)C(F)(F)F. The maximum absolute atomic E-state index is 12.5. The van der Waals surface area contributed by atoms with Crippen LogP contribution in [0.4, 0.5) is 29.7 Å². The molecule has 12 nitrogen and oxygen atoms in total. The van der Waals surface area contributed by atoms with E-state index >= 15 is 0 Å². The highest BCUT2D eigenvalue weighted by Gasteiger charge is 2.38. The second kappa shape index (κ2) is 14.1. The van der Waals surface area contributed by atoms with Crippen molar-refractivity contribution >= 4 is 23.8 Å². The largest absolute Gasteiger partial charge is 0.490 e. The van der Waals surface area contributed by atoms with Crippen LogP contribution in [0.1, 0.15) is 61.9 Å². The number of alkyl carbamates (subject to hydrolysis) is 1. The number of carboxylic acid groups (broad SMARTS) is 1. The lowest BCUT2D eigenvalue weighted by Crippen LogP contribution is -2.48. The van der Waals surface area contributed by atoms with E-state index < -0.39 is 12.1 Å². The first-order valence-electron chi connectivity index (χ1n) is 15.1. The van der Waals surface area contributed by atoms with E-state index in [1.54, 1.807) is 6.20 Å². The Morgan fingerprint density at radius 3 is 2.56 bits per heavy atom. The van der Waals surface area contributed by atoms with Crippen LogP contribution >= 0.6 is 0 Å². The van der Waals surface area contributed by atoms with Gasteiger partial charge in [0.25, 0.3) is 0 Å². The second-order valence-electron chi connectivity index (χ2n) is 11.8. The summed E-state index contributed by atoms with van der Waals surface area (Å²) < 4.78 is 39.1. The normalized spacial score (nSPS) is 22.6. The van der Waals surface area contributed by atoms with Gasteiger partial charge >= 0.3 is 18.2 Å². The standard InChI is InChI=1S/C28H36N8O2.C2HF3O2/c1-19-9-10-24-25(14-19)32-27(30-22-15-23(16-22)36-13-11-29-34-36)33-26(24)35-12-5-8-21(17-35)31-28(37)38-18-20-6-3-2-4-7-20;3-2(4,5)1(6)7/h2-4,6-7,11,13,19,21-23H,5,8-10,12,14-18H2,1H3,(H,31,37)(H,30,32,33);(H,6,7). The first kappa shape index (κ1) is 32.0. The fraction of sp³-hybridized carbons (Fsp3) is 0.533. The summed E-state index contributed by atoms with van der Waals surface area (Å²) in [5.74, 6) is -0.394. The molecule has 2 unspecified atom stereocenters. The number of carboxylic acids is 1. The monoisotopic (exact) mass is 630 g/mol. The number of aromatic nitrogens is 5. The third kappa shape index (κ3) is 8.60. The number of halogens is 3. The van der Waals surface area contributed by atoms with Gasteiger partial charge in [0.15, 0.2) is 0 Å². The molecule has 3 aliphatic rings. The minimum absolute atomic E-state index is 0.0200. The fourth-order valence-corrected chi connectivity index (χ4v) is 5.83. The van der Waals surface area contributed by atoms with Crippen molar-refractivity contribution in [1.82, 2.24) is 30.3 Å². The van der Waals surface area contributed by atoms with Gasteiger partial charge in [0.05, 0.1) is 17.9 Å². The maximum Gasteiger partial charge on any atom is 0.490 e. The topological polar surface area (TPSA) is 147 Å². The van der Waals surface area contributed by atoms with E-state index in [0.717, 1.165) is 69.4 Å². The zero-order chi connectivity index (χ0) is 32.0. The van der Waals surface area contributed by atoms with Crippen LogP contribution in [0, 0.1) is 5.92 Å². The predicted molar refractivity (Wildman–Crippen MR) is 158 cm³/mol. The van der Waals surface area contributed by atoms with Gasteiger partial charge in [-0.05, 0) is 56.4 Å². The highest BCUT2D eigenvalue weighted by atomic mass is 19.4. The number of aliphatic carboxylic acids is 1. The molecular formula is C30H37F3N8O4. The molecule has 1 aromatic carbocycles. The number of amides is 1. The molecule has 2 aromatic heterocycles. The molecule has 2 fully saturated rings. The lowest BCUT2D eigenvalue weighted by Gasteiger charge is -2.38. The molecule has 0 radical (unpaired) electrons. The summed E-state index contributed by atoms with van der Waals surface area (Å²) in [6.45, 7) is 4.22. The van der Waals surface area contributed by atoms with Gasteiger partial charge in [0.1, 0.15) is 12.4 Å². The Bertz CT molecular complexity index is 1430. The van der Waals surface area contributed by atoms with Crippen molar-refractivity contribution in [3.05, 3.63) is 59.5 Å². The number of nitrogens with zero attached hydrogens (tertiary/aromatic N) is 6. The number of benzene rings is 1. The number of piperidine rings is 1. The molecule has 6 rings (SSSR count). The van der Waals surface area contributed by atoms with Crippen LogP contribution in [-0.2, 0) is 29.0 Å². The van der Waals surface area contributed by atoms with Gasteiger partial charge in [-0.3, -0.25) is 0 Å². The van der Waals surface area contributed by atoms with Crippen molar-refractivity contribution in [2.24, 2.45) is 5.92 Å². The van der Waals surface area contributed by atoms with Gasteiger partial charge in [0, 0.05) is 36.9 Å². The second-order valence-corrected chi connectivity index (χ2v) is 11.8. The molecule has 1 aliphatic heterocycles. The van der Waals surface area contributed by atoms with E-state index in [9.17, 15) is 18.0 Å². The van der Waals surface area contributed by atoms with Crippen LogP contribution in [0.5, 0.6) is 0 Å². The van der Waals surface area contributed by atoms with Crippen LogP contribution in [0.2, 0.25) is 0 Å². The molecule has 3 N–H and O–H groups in total. The Balaban J connectivity index is 0.000000515. The molecule has 242 valence electrons.